The molecule has 0 atom stereocenters. The zero-order chi connectivity index (χ0) is 10.6. The van der Waals surface area contributed by atoms with Gasteiger partial charge in [0.2, 0.25) is 0 Å². The van der Waals surface area contributed by atoms with Gasteiger partial charge in [-0.3, -0.25) is 0 Å². The van der Waals surface area contributed by atoms with Crippen molar-refractivity contribution in [1.29, 1.82) is 0 Å². The maximum Gasteiger partial charge on any atom is 0.0465 e. The third-order valence-corrected chi connectivity index (χ3v) is 2.88. The van der Waals surface area contributed by atoms with Gasteiger partial charge in [0, 0.05) is 22.3 Å². The Labute approximate surface area is 98.8 Å². The molecule has 0 radical (unpaired) electrons. The lowest BCUT2D eigenvalue weighted by Gasteiger charge is -2.02. The van der Waals surface area contributed by atoms with E-state index < -0.39 is 0 Å². The summed E-state index contributed by atoms with van der Waals surface area (Å²) in [6.07, 6.45) is 0.876. The molecule has 0 aliphatic rings. The predicted molar refractivity (Wildman–Crippen MR) is 66.2 cm³/mol. The van der Waals surface area contributed by atoms with E-state index in [4.69, 9.17) is 11.6 Å². The lowest BCUT2D eigenvalue weighted by molar-refractivity contribution is 1.31. The second-order valence-corrected chi connectivity index (χ2v) is 4.34. The van der Waals surface area contributed by atoms with Crippen molar-refractivity contribution in [3.05, 3.63) is 33.8 Å². The molecule has 0 amide bonds. The summed E-state index contributed by atoms with van der Waals surface area (Å²) in [6.45, 7) is 4.01. The lowest BCUT2D eigenvalue weighted by Crippen LogP contribution is -1.84. The maximum atomic E-state index is 6.06. The standard InChI is InChI=1S/C12H12BrCl/c1-9-7-11(5-3-4-6-13)8-10(2)12(9)14/h7-8H,4,6H2,1-2H3. The van der Waals surface area contributed by atoms with E-state index in [0.29, 0.717) is 0 Å². The molecule has 0 nitrogen and oxygen atoms in total. The molecule has 0 saturated heterocycles. The average Bonchev–Trinajstić information content (AvgIpc) is 2.14. The van der Waals surface area contributed by atoms with E-state index in [1.54, 1.807) is 0 Å². The molecule has 0 bridgehead atoms. The molecule has 0 aliphatic heterocycles. The van der Waals surface area contributed by atoms with Crippen molar-refractivity contribution in [1.82, 2.24) is 0 Å². The first-order chi connectivity index (χ1) is 6.65. The molecule has 0 fully saturated rings. The number of benzene rings is 1. The molecule has 0 unspecified atom stereocenters. The number of hydrogen-bond acceptors (Lipinski definition) is 0. The molecule has 74 valence electrons. The largest absolute Gasteiger partial charge is 0.0970 e. The predicted octanol–water partition coefficient (Wildman–Crippen LogP) is 4.09. The van der Waals surface area contributed by atoms with Gasteiger partial charge >= 0.3 is 0 Å². The van der Waals surface area contributed by atoms with E-state index in [9.17, 15) is 0 Å². The van der Waals surface area contributed by atoms with Gasteiger partial charge in [-0.05, 0) is 37.1 Å². The van der Waals surface area contributed by atoms with Gasteiger partial charge in [-0.1, -0.05) is 39.4 Å². The van der Waals surface area contributed by atoms with Crippen LogP contribution in [-0.4, -0.2) is 5.33 Å². The van der Waals surface area contributed by atoms with Gasteiger partial charge in [-0.2, -0.15) is 0 Å². The van der Waals surface area contributed by atoms with E-state index in [2.05, 4.69) is 27.8 Å². The topological polar surface area (TPSA) is 0 Å². The normalized spacial score (nSPS) is 9.43. The molecule has 2 heteroatoms. The highest BCUT2D eigenvalue weighted by Crippen LogP contribution is 2.21. The van der Waals surface area contributed by atoms with Gasteiger partial charge in [-0.15, -0.1) is 0 Å². The zero-order valence-corrected chi connectivity index (χ0v) is 10.7. The van der Waals surface area contributed by atoms with Crippen LogP contribution < -0.4 is 0 Å². The van der Waals surface area contributed by atoms with E-state index in [1.807, 2.05) is 26.0 Å². The fourth-order valence-corrected chi connectivity index (χ4v) is 1.54. The third kappa shape index (κ3) is 3.04. The summed E-state index contributed by atoms with van der Waals surface area (Å²) < 4.78 is 0. The monoisotopic (exact) mass is 270 g/mol. The molecule has 1 rings (SSSR count). The summed E-state index contributed by atoms with van der Waals surface area (Å²) in [7, 11) is 0. The first-order valence-corrected chi connectivity index (χ1v) is 5.96. The summed E-state index contributed by atoms with van der Waals surface area (Å²) in [5, 5.41) is 1.77. The second-order valence-electron chi connectivity index (χ2n) is 3.16. The van der Waals surface area contributed by atoms with Crippen LogP contribution in [0.15, 0.2) is 12.1 Å². The lowest BCUT2D eigenvalue weighted by atomic mass is 10.1. The summed E-state index contributed by atoms with van der Waals surface area (Å²) in [5.41, 5.74) is 3.23. The van der Waals surface area contributed by atoms with Gasteiger partial charge in [0.1, 0.15) is 0 Å². The highest BCUT2D eigenvalue weighted by atomic mass is 79.9. The SMILES string of the molecule is Cc1cc(C#CCCBr)cc(C)c1Cl. The minimum atomic E-state index is 0.844. The Hall–Kier alpha value is -0.450. The van der Waals surface area contributed by atoms with Crippen LogP contribution in [0.25, 0.3) is 0 Å². The van der Waals surface area contributed by atoms with E-state index in [0.717, 1.165) is 33.5 Å². The van der Waals surface area contributed by atoms with Gasteiger partial charge in [0.15, 0.2) is 0 Å². The first kappa shape index (κ1) is 11.6. The van der Waals surface area contributed by atoms with Crippen molar-refractivity contribution in [2.24, 2.45) is 0 Å². The molecular formula is C12H12BrCl. The minimum absolute atomic E-state index is 0.844. The quantitative estimate of drug-likeness (QED) is 0.533. The maximum absolute atomic E-state index is 6.06. The van der Waals surface area contributed by atoms with Crippen molar-refractivity contribution in [3.8, 4) is 11.8 Å². The number of aryl methyl sites for hydroxylation is 2. The molecule has 1 aromatic rings. The molecule has 1 aromatic carbocycles. The highest BCUT2D eigenvalue weighted by Gasteiger charge is 2.00. The Bertz CT molecular complexity index is 362. The van der Waals surface area contributed by atoms with Gasteiger partial charge in [0.25, 0.3) is 0 Å². The Kier molecular flexibility index (Phi) is 4.51. The number of rotatable bonds is 1. The molecule has 14 heavy (non-hydrogen) atoms. The van der Waals surface area contributed by atoms with Crippen LogP contribution in [0.1, 0.15) is 23.1 Å². The van der Waals surface area contributed by atoms with Crippen LogP contribution in [0, 0.1) is 25.7 Å². The van der Waals surface area contributed by atoms with Gasteiger partial charge < -0.3 is 0 Å². The molecule has 0 saturated carbocycles. The highest BCUT2D eigenvalue weighted by molar-refractivity contribution is 9.09. The van der Waals surface area contributed by atoms with E-state index in [-0.39, 0.29) is 0 Å². The molecule has 0 aromatic heterocycles. The number of halogens is 2. The van der Waals surface area contributed by atoms with Crippen molar-refractivity contribution < 1.29 is 0 Å². The summed E-state index contributed by atoms with van der Waals surface area (Å²) in [5.74, 6) is 6.20. The van der Waals surface area contributed by atoms with Gasteiger partial charge in [0.05, 0.1) is 0 Å². The van der Waals surface area contributed by atoms with E-state index in [1.165, 1.54) is 0 Å². The fourth-order valence-electron chi connectivity index (χ4n) is 1.23. The third-order valence-electron chi connectivity index (χ3n) is 1.89. The van der Waals surface area contributed by atoms with Gasteiger partial charge in [-0.25, -0.2) is 0 Å². The number of alkyl halides is 1. The first-order valence-electron chi connectivity index (χ1n) is 4.46. The van der Waals surface area contributed by atoms with Crippen LogP contribution in [0.2, 0.25) is 5.02 Å². The van der Waals surface area contributed by atoms with Crippen LogP contribution in [0.3, 0.4) is 0 Å². The van der Waals surface area contributed by atoms with Crippen LogP contribution in [0.4, 0.5) is 0 Å². The average molecular weight is 272 g/mol. The minimum Gasteiger partial charge on any atom is -0.0970 e. The smallest absolute Gasteiger partial charge is 0.0465 e. The molecule has 0 heterocycles. The Balaban J connectivity index is 2.97. The zero-order valence-electron chi connectivity index (χ0n) is 8.32. The van der Waals surface area contributed by atoms with Crippen molar-refractivity contribution >= 4 is 27.5 Å². The summed E-state index contributed by atoms with van der Waals surface area (Å²) in [4.78, 5) is 0. The molecule has 0 N–H and O–H groups in total. The van der Waals surface area contributed by atoms with Crippen LogP contribution >= 0.6 is 27.5 Å². The Morgan fingerprint density at radius 1 is 1.29 bits per heavy atom. The van der Waals surface area contributed by atoms with Crippen LogP contribution in [-0.2, 0) is 0 Å². The van der Waals surface area contributed by atoms with Crippen molar-refractivity contribution in [2.75, 3.05) is 5.33 Å². The summed E-state index contributed by atoms with van der Waals surface area (Å²) in [6, 6.07) is 4.05. The fraction of sp³-hybridized carbons (Fsp3) is 0.333. The Morgan fingerprint density at radius 3 is 2.36 bits per heavy atom. The number of hydrogen-bond donors (Lipinski definition) is 0. The second kappa shape index (κ2) is 5.44. The summed E-state index contributed by atoms with van der Waals surface area (Å²) >= 11 is 9.40. The van der Waals surface area contributed by atoms with Crippen molar-refractivity contribution in [2.45, 2.75) is 20.3 Å². The molecule has 0 spiro atoms. The van der Waals surface area contributed by atoms with Crippen molar-refractivity contribution in [3.63, 3.8) is 0 Å². The van der Waals surface area contributed by atoms with Crippen LogP contribution in [0.5, 0.6) is 0 Å². The van der Waals surface area contributed by atoms with E-state index >= 15 is 0 Å². The molecule has 0 aliphatic carbocycles. The molecular weight excluding hydrogens is 259 g/mol. The Morgan fingerprint density at radius 2 is 1.86 bits per heavy atom.